The first-order valence-electron chi connectivity index (χ1n) is 12.8. The number of rotatable bonds is 6. The molecular weight excluding hydrogens is 523 g/mol. The molecule has 2 saturated heterocycles. The number of alkyl halides is 3. The minimum absolute atomic E-state index is 0.00470. The van der Waals surface area contributed by atoms with Crippen molar-refractivity contribution in [2.45, 2.75) is 56.4 Å². The highest BCUT2D eigenvalue weighted by atomic mass is 19.4. The largest absolute Gasteiger partial charge is 0.408 e. The number of nitrogens with zero attached hydrogens (tertiary/aromatic N) is 5. The molecule has 1 aliphatic carbocycles. The second-order valence-corrected chi connectivity index (χ2v) is 10.4. The number of carbonyl (C=O) groups excluding carboxylic acids is 2. The molecule has 6 rings (SSSR count). The summed E-state index contributed by atoms with van der Waals surface area (Å²) in [5.74, 6) is -2.62. The van der Waals surface area contributed by atoms with Crippen molar-refractivity contribution in [3.05, 3.63) is 53.4 Å². The maximum absolute atomic E-state index is 14.9. The molecule has 2 amide bonds. The van der Waals surface area contributed by atoms with Crippen molar-refractivity contribution < 1.29 is 31.5 Å². The summed E-state index contributed by atoms with van der Waals surface area (Å²) < 4.78 is 70.3. The van der Waals surface area contributed by atoms with E-state index in [1.165, 1.54) is 0 Å². The number of hydrogen-bond acceptors (Lipinski definition) is 5. The zero-order chi connectivity index (χ0) is 27.5. The molecule has 0 radical (unpaired) electrons. The lowest BCUT2D eigenvalue weighted by Crippen LogP contribution is -2.48. The smallest absolute Gasteiger partial charge is 0.367 e. The van der Waals surface area contributed by atoms with Crippen LogP contribution in [-0.4, -0.2) is 74.3 Å². The Morgan fingerprint density at radius 1 is 1.08 bits per heavy atom. The lowest BCUT2D eigenvalue weighted by atomic mass is 9.93. The molecule has 4 heterocycles. The molecule has 8 nitrogen and oxygen atoms in total. The summed E-state index contributed by atoms with van der Waals surface area (Å²) in [7, 11) is 0. The average Bonchev–Trinajstić information content (AvgIpc) is 3.37. The molecule has 3 aromatic rings. The zero-order valence-corrected chi connectivity index (χ0v) is 20.7. The number of halogens is 5. The summed E-state index contributed by atoms with van der Waals surface area (Å²) in [5, 5.41) is 7.59. The van der Waals surface area contributed by atoms with Crippen LogP contribution in [0, 0.1) is 11.6 Å². The number of pyridine rings is 1. The predicted octanol–water partition coefficient (Wildman–Crippen LogP) is 4.08. The van der Waals surface area contributed by atoms with Crippen molar-refractivity contribution in [3.63, 3.8) is 0 Å². The Kier molecular flexibility index (Phi) is 6.18. The minimum Gasteiger partial charge on any atom is -0.367 e. The van der Waals surface area contributed by atoms with Crippen LogP contribution in [0.15, 0.2) is 30.5 Å². The molecule has 1 saturated carbocycles. The van der Waals surface area contributed by atoms with Crippen LogP contribution in [0.1, 0.15) is 47.7 Å². The van der Waals surface area contributed by atoms with Gasteiger partial charge in [-0.2, -0.15) is 18.3 Å². The first-order valence-corrected chi connectivity index (χ1v) is 12.8. The molecule has 0 unspecified atom stereocenters. The fourth-order valence-corrected chi connectivity index (χ4v) is 5.36. The van der Waals surface area contributed by atoms with E-state index in [4.69, 9.17) is 0 Å². The number of nitrogens with one attached hydrogen (secondary N) is 1. The first-order chi connectivity index (χ1) is 18.6. The predicted molar refractivity (Wildman–Crippen MR) is 130 cm³/mol. The van der Waals surface area contributed by atoms with Gasteiger partial charge < -0.3 is 15.1 Å². The van der Waals surface area contributed by atoms with Crippen molar-refractivity contribution in [1.29, 1.82) is 0 Å². The van der Waals surface area contributed by atoms with Crippen molar-refractivity contribution in [1.82, 2.24) is 24.6 Å². The van der Waals surface area contributed by atoms with Crippen LogP contribution in [0.3, 0.4) is 0 Å². The number of fused-ring (bicyclic) bond motifs is 1. The minimum atomic E-state index is -4.56. The SMILES string of the molecule is O=C(c1ccnc(NC2CC2)c1)N1CC(c2nn(CC(=O)N3CCC[C@H]3C(F)(F)F)c3cc(F)cc(F)c23)C1. The van der Waals surface area contributed by atoms with Gasteiger partial charge in [0.15, 0.2) is 0 Å². The summed E-state index contributed by atoms with van der Waals surface area (Å²) in [4.78, 5) is 32.4. The molecule has 2 aromatic heterocycles. The number of hydrogen-bond donors (Lipinski definition) is 1. The highest BCUT2D eigenvalue weighted by Gasteiger charge is 2.47. The van der Waals surface area contributed by atoms with E-state index < -0.39 is 42.2 Å². The lowest BCUT2D eigenvalue weighted by molar-refractivity contribution is -0.183. The topological polar surface area (TPSA) is 83.4 Å². The van der Waals surface area contributed by atoms with E-state index in [-0.39, 0.29) is 55.0 Å². The van der Waals surface area contributed by atoms with Crippen LogP contribution in [-0.2, 0) is 11.3 Å². The van der Waals surface area contributed by atoms with Crippen molar-refractivity contribution in [2.75, 3.05) is 25.0 Å². The van der Waals surface area contributed by atoms with Crippen molar-refractivity contribution >= 4 is 28.5 Å². The Labute approximate surface area is 219 Å². The van der Waals surface area contributed by atoms with Crippen LogP contribution >= 0.6 is 0 Å². The molecule has 0 bridgehead atoms. The number of benzene rings is 1. The van der Waals surface area contributed by atoms with Crippen LogP contribution in [0.25, 0.3) is 10.9 Å². The number of likely N-dealkylation sites (tertiary alicyclic amines) is 2. The number of carbonyl (C=O) groups is 2. The fraction of sp³-hybridized carbons (Fsp3) is 0.462. The van der Waals surface area contributed by atoms with E-state index in [1.54, 1.807) is 23.2 Å². The van der Waals surface area contributed by atoms with Crippen molar-refractivity contribution in [3.8, 4) is 0 Å². The van der Waals surface area contributed by atoms with E-state index >= 15 is 0 Å². The van der Waals surface area contributed by atoms with Gasteiger partial charge in [-0.15, -0.1) is 0 Å². The van der Waals surface area contributed by atoms with Gasteiger partial charge in [-0.3, -0.25) is 14.3 Å². The second kappa shape index (κ2) is 9.45. The van der Waals surface area contributed by atoms with E-state index in [1.807, 2.05) is 0 Å². The molecular formula is C26H25F5N6O2. The Morgan fingerprint density at radius 3 is 2.56 bits per heavy atom. The highest BCUT2D eigenvalue weighted by Crippen LogP contribution is 2.36. The third-order valence-corrected chi connectivity index (χ3v) is 7.52. The standard InChI is InChI=1S/C26H25F5N6O2/c27-16-9-18(28)23-19(10-16)37(13-22(38)36-7-1-2-20(36)26(29,30)31)34-24(23)15-11-35(12-15)25(39)14-5-6-32-21(8-14)33-17-3-4-17/h5-6,8-10,15,17,20H,1-4,7,11-13H2,(H,32,33)/t20-/m0/s1. The summed E-state index contributed by atoms with van der Waals surface area (Å²) in [6.45, 7) is -0.211. The van der Waals surface area contributed by atoms with E-state index in [0.717, 1.165) is 28.5 Å². The molecule has 1 N–H and O–H groups in total. The van der Waals surface area contributed by atoms with Crippen LogP contribution in [0.4, 0.5) is 27.8 Å². The van der Waals surface area contributed by atoms with E-state index in [2.05, 4.69) is 15.4 Å². The summed E-state index contributed by atoms with van der Waals surface area (Å²) in [5.41, 5.74) is 0.665. The Hall–Kier alpha value is -3.77. The first kappa shape index (κ1) is 25.5. The van der Waals surface area contributed by atoms with Gasteiger partial charge in [-0.1, -0.05) is 0 Å². The monoisotopic (exact) mass is 548 g/mol. The summed E-state index contributed by atoms with van der Waals surface area (Å²) in [6.07, 6.45) is -0.873. The fourth-order valence-electron chi connectivity index (χ4n) is 5.36. The summed E-state index contributed by atoms with van der Waals surface area (Å²) >= 11 is 0. The lowest BCUT2D eigenvalue weighted by Gasteiger charge is -2.38. The van der Waals surface area contributed by atoms with Gasteiger partial charge in [0.1, 0.15) is 30.0 Å². The van der Waals surface area contributed by atoms with Crippen LogP contribution in [0.5, 0.6) is 0 Å². The van der Waals surface area contributed by atoms with E-state index in [0.29, 0.717) is 23.5 Å². The van der Waals surface area contributed by atoms with Crippen LogP contribution in [0.2, 0.25) is 0 Å². The zero-order valence-electron chi connectivity index (χ0n) is 20.7. The Morgan fingerprint density at radius 2 is 1.85 bits per heavy atom. The maximum atomic E-state index is 14.9. The Bertz CT molecular complexity index is 1450. The Balaban J connectivity index is 1.22. The second-order valence-electron chi connectivity index (χ2n) is 10.4. The van der Waals surface area contributed by atoms with Gasteiger partial charge in [-0.25, -0.2) is 13.8 Å². The molecule has 1 aromatic carbocycles. The van der Waals surface area contributed by atoms with E-state index in [9.17, 15) is 31.5 Å². The highest BCUT2D eigenvalue weighted by molar-refractivity contribution is 5.96. The number of amides is 2. The quantitative estimate of drug-likeness (QED) is 0.470. The molecule has 3 aliphatic rings. The molecule has 3 fully saturated rings. The molecule has 39 heavy (non-hydrogen) atoms. The maximum Gasteiger partial charge on any atom is 0.408 e. The van der Waals surface area contributed by atoms with Crippen LogP contribution < -0.4 is 5.32 Å². The van der Waals surface area contributed by atoms with Gasteiger partial charge in [0, 0.05) is 55.5 Å². The van der Waals surface area contributed by atoms with Gasteiger partial charge in [0.05, 0.1) is 16.6 Å². The molecule has 13 heteroatoms. The van der Waals surface area contributed by atoms with Gasteiger partial charge >= 0.3 is 6.18 Å². The number of anilines is 1. The summed E-state index contributed by atoms with van der Waals surface area (Å²) in [6, 6.07) is 3.49. The van der Waals surface area contributed by atoms with Gasteiger partial charge in [-0.05, 0) is 37.8 Å². The number of aromatic nitrogens is 3. The molecule has 1 atom stereocenters. The third-order valence-electron chi connectivity index (χ3n) is 7.52. The average molecular weight is 549 g/mol. The van der Waals surface area contributed by atoms with Gasteiger partial charge in [0.25, 0.3) is 5.91 Å². The normalized spacial score (nSPS) is 20.0. The van der Waals surface area contributed by atoms with Gasteiger partial charge in [0.2, 0.25) is 5.91 Å². The molecule has 206 valence electrons. The third kappa shape index (κ3) is 4.89. The molecule has 0 spiro atoms. The van der Waals surface area contributed by atoms with Crippen molar-refractivity contribution in [2.24, 2.45) is 0 Å². The molecule has 2 aliphatic heterocycles.